The van der Waals surface area contributed by atoms with Gasteiger partial charge in [0.25, 0.3) is 5.56 Å². The monoisotopic (exact) mass is 490 g/mol. The topological polar surface area (TPSA) is 101 Å². The molecule has 4 heterocycles. The standard InChI is InChI=1S/C24H22N6O4S/c1-15-3-2-4-16(11-15)22-27-30-21(31)13-20(26-24(30)35-22)28-7-9-29(10-8-28)23(32)25-17-5-6-18-19(12-17)34-14-33-18/h2-6,11-13H,7-10,14H2,1H3,(H,25,32). The van der Waals surface area contributed by atoms with Crippen molar-refractivity contribution < 1.29 is 14.3 Å². The number of nitrogens with one attached hydrogen (secondary N) is 1. The summed E-state index contributed by atoms with van der Waals surface area (Å²) in [5.74, 6) is 1.89. The molecule has 178 valence electrons. The van der Waals surface area contributed by atoms with Gasteiger partial charge in [-0.1, -0.05) is 35.1 Å². The Morgan fingerprint density at radius 3 is 2.69 bits per heavy atom. The molecule has 6 rings (SSSR count). The number of carbonyl (C=O) groups excluding carboxylic acids is 1. The SMILES string of the molecule is Cc1cccc(-c2nn3c(=O)cc(N4CCN(C(=O)Nc5ccc6c(c5)OCO6)CC4)nc3s2)c1. The van der Waals surface area contributed by atoms with Crippen molar-refractivity contribution in [3.8, 4) is 22.1 Å². The maximum Gasteiger partial charge on any atom is 0.321 e. The van der Waals surface area contributed by atoms with Crippen molar-refractivity contribution in [3.63, 3.8) is 0 Å². The number of aryl methyl sites for hydroxylation is 1. The van der Waals surface area contributed by atoms with E-state index in [1.165, 1.54) is 21.9 Å². The Morgan fingerprint density at radius 1 is 1.03 bits per heavy atom. The first kappa shape index (κ1) is 21.4. The number of ether oxygens (including phenoxy) is 2. The van der Waals surface area contributed by atoms with E-state index in [9.17, 15) is 9.59 Å². The minimum absolute atomic E-state index is 0.183. The molecule has 1 fully saturated rings. The molecule has 0 atom stereocenters. The Balaban J connectivity index is 1.14. The second kappa shape index (κ2) is 8.58. The summed E-state index contributed by atoms with van der Waals surface area (Å²) in [6.07, 6.45) is 0. The molecule has 2 aromatic heterocycles. The predicted octanol–water partition coefficient (Wildman–Crippen LogP) is 3.21. The van der Waals surface area contributed by atoms with Crippen LogP contribution in [0, 0.1) is 6.92 Å². The molecule has 0 bridgehead atoms. The van der Waals surface area contributed by atoms with Crippen molar-refractivity contribution in [1.82, 2.24) is 19.5 Å². The number of amides is 2. The number of hydrogen-bond acceptors (Lipinski definition) is 8. The Bertz CT molecular complexity index is 1490. The maximum atomic E-state index is 12.8. The maximum absolute atomic E-state index is 12.8. The summed E-state index contributed by atoms with van der Waals surface area (Å²) in [5, 5.41) is 8.13. The molecule has 0 radical (unpaired) electrons. The summed E-state index contributed by atoms with van der Waals surface area (Å²) >= 11 is 1.39. The Labute approximate surface area is 204 Å². The molecule has 35 heavy (non-hydrogen) atoms. The van der Waals surface area contributed by atoms with Crippen LogP contribution in [0.4, 0.5) is 16.3 Å². The number of fused-ring (bicyclic) bond motifs is 2. The van der Waals surface area contributed by atoms with Gasteiger partial charge in [0.2, 0.25) is 11.8 Å². The zero-order chi connectivity index (χ0) is 23.9. The van der Waals surface area contributed by atoms with Crippen LogP contribution >= 0.6 is 11.3 Å². The number of hydrogen-bond donors (Lipinski definition) is 1. The molecule has 2 aromatic carbocycles. The average Bonchev–Trinajstić information content (AvgIpc) is 3.51. The lowest BCUT2D eigenvalue weighted by atomic mass is 10.1. The third-order valence-corrected chi connectivity index (χ3v) is 6.97. The van der Waals surface area contributed by atoms with Crippen LogP contribution < -0.4 is 25.2 Å². The first-order valence-electron chi connectivity index (χ1n) is 11.2. The zero-order valence-electron chi connectivity index (χ0n) is 18.9. The highest BCUT2D eigenvalue weighted by Gasteiger charge is 2.24. The molecule has 1 saturated heterocycles. The van der Waals surface area contributed by atoms with E-state index < -0.39 is 0 Å². The van der Waals surface area contributed by atoms with Gasteiger partial charge in [0.1, 0.15) is 10.8 Å². The van der Waals surface area contributed by atoms with Crippen molar-refractivity contribution in [2.45, 2.75) is 6.92 Å². The van der Waals surface area contributed by atoms with Crippen LogP contribution in [0.15, 0.2) is 53.3 Å². The van der Waals surface area contributed by atoms with Gasteiger partial charge < -0.3 is 24.6 Å². The number of anilines is 2. The van der Waals surface area contributed by atoms with Gasteiger partial charge >= 0.3 is 6.03 Å². The largest absolute Gasteiger partial charge is 0.454 e. The quantitative estimate of drug-likeness (QED) is 0.471. The highest BCUT2D eigenvalue weighted by atomic mass is 32.1. The van der Waals surface area contributed by atoms with Crippen LogP contribution in [0.2, 0.25) is 0 Å². The highest BCUT2D eigenvalue weighted by molar-refractivity contribution is 7.19. The van der Waals surface area contributed by atoms with E-state index in [2.05, 4.69) is 10.4 Å². The summed E-state index contributed by atoms with van der Waals surface area (Å²) in [7, 11) is 0. The average molecular weight is 491 g/mol. The molecule has 10 nitrogen and oxygen atoms in total. The van der Waals surface area contributed by atoms with Crippen molar-refractivity contribution in [2.24, 2.45) is 0 Å². The smallest absolute Gasteiger partial charge is 0.321 e. The van der Waals surface area contributed by atoms with Gasteiger partial charge in [-0.3, -0.25) is 4.79 Å². The lowest BCUT2D eigenvalue weighted by molar-refractivity contribution is 0.174. The van der Waals surface area contributed by atoms with E-state index in [0.717, 1.165) is 16.1 Å². The Kier molecular flexibility index (Phi) is 5.25. The minimum Gasteiger partial charge on any atom is -0.454 e. The summed E-state index contributed by atoms with van der Waals surface area (Å²) in [5.41, 5.74) is 2.52. The van der Waals surface area contributed by atoms with Gasteiger partial charge in [-0.2, -0.15) is 9.61 Å². The van der Waals surface area contributed by atoms with Gasteiger partial charge in [0.15, 0.2) is 11.5 Å². The molecule has 4 aromatic rings. The molecule has 2 amide bonds. The van der Waals surface area contributed by atoms with Gasteiger partial charge in [-0.25, -0.2) is 9.78 Å². The van der Waals surface area contributed by atoms with Crippen LogP contribution in [-0.2, 0) is 0 Å². The summed E-state index contributed by atoms with van der Waals surface area (Å²) in [6.45, 7) is 4.37. The van der Waals surface area contributed by atoms with Gasteiger partial charge in [0, 0.05) is 49.6 Å². The molecular formula is C24H22N6O4S. The van der Waals surface area contributed by atoms with E-state index in [1.807, 2.05) is 36.1 Å². The lowest BCUT2D eigenvalue weighted by Gasteiger charge is -2.35. The third-order valence-electron chi connectivity index (χ3n) is 6.01. The number of benzene rings is 2. The fourth-order valence-corrected chi connectivity index (χ4v) is 5.07. The van der Waals surface area contributed by atoms with Crippen LogP contribution in [0.25, 0.3) is 15.5 Å². The molecule has 0 spiro atoms. The van der Waals surface area contributed by atoms with E-state index in [0.29, 0.717) is 54.1 Å². The number of nitrogens with zero attached hydrogens (tertiary/aromatic N) is 5. The van der Waals surface area contributed by atoms with E-state index in [4.69, 9.17) is 14.5 Å². The zero-order valence-corrected chi connectivity index (χ0v) is 19.7. The molecule has 2 aliphatic heterocycles. The van der Waals surface area contributed by atoms with Crippen molar-refractivity contribution >= 4 is 33.8 Å². The fraction of sp³-hybridized carbons (Fsp3) is 0.250. The van der Waals surface area contributed by atoms with Gasteiger partial charge in [-0.05, 0) is 25.1 Å². The van der Waals surface area contributed by atoms with Crippen LogP contribution in [0.3, 0.4) is 0 Å². The molecular weight excluding hydrogens is 468 g/mol. The molecule has 0 saturated carbocycles. The van der Waals surface area contributed by atoms with E-state index in [1.54, 1.807) is 23.1 Å². The normalized spacial score (nSPS) is 15.0. The van der Waals surface area contributed by atoms with Gasteiger partial charge in [-0.15, -0.1) is 0 Å². The van der Waals surface area contributed by atoms with Crippen molar-refractivity contribution in [2.75, 3.05) is 43.2 Å². The van der Waals surface area contributed by atoms with Crippen molar-refractivity contribution in [1.29, 1.82) is 0 Å². The van der Waals surface area contributed by atoms with Crippen LogP contribution in [0.1, 0.15) is 5.56 Å². The summed E-state index contributed by atoms with van der Waals surface area (Å²) < 4.78 is 12.0. The van der Waals surface area contributed by atoms with E-state index >= 15 is 0 Å². The van der Waals surface area contributed by atoms with E-state index in [-0.39, 0.29) is 18.4 Å². The Hall–Kier alpha value is -4.12. The van der Waals surface area contributed by atoms with Crippen LogP contribution in [-0.4, -0.2) is 58.5 Å². The van der Waals surface area contributed by atoms with Crippen molar-refractivity contribution in [3.05, 3.63) is 64.4 Å². The molecule has 0 unspecified atom stereocenters. The number of rotatable bonds is 3. The number of aromatic nitrogens is 3. The fourth-order valence-electron chi connectivity index (χ4n) is 4.17. The summed E-state index contributed by atoms with van der Waals surface area (Å²) in [6, 6.07) is 14.7. The first-order valence-corrected chi connectivity index (χ1v) is 12.0. The molecule has 0 aliphatic carbocycles. The number of piperazine rings is 1. The Morgan fingerprint density at radius 2 is 1.86 bits per heavy atom. The third kappa shape index (κ3) is 4.14. The second-order valence-electron chi connectivity index (χ2n) is 8.40. The first-order chi connectivity index (χ1) is 17.0. The highest BCUT2D eigenvalue weighted by Crippen LogP contribution is 2.34. The predicted molar refractivity (Wildman–Crippen MR) is 133 cm³/mol. The lowest BCUT2D eigenvalue weighted by Crippen LogP contribution is -2.50. The number of carbonyl (C=O) groups is 1. The second-order valence-corrected chi connectivity index (χ2v) is 9.35. The number of urea groups is 1. The van der Waals surface area contributed by atoms with Gasteiger partial charge in [0.05, 0.1) is 0 Å². The summed E-state index contributed by atoms with van der Waals surface area (Å²) in [4.78, 5) is 34.5. The van der Waals surface area contributed by atoms with Crippen LogP contribution in [0.5, 0.6) is 11.5 Å². The molecule has 1 N–H and O–H groups in total. The minimum atomic E-state index is -0.219. The molecule has 2 aliphatic rings. The molecule has 11 heteroatoms.